The fraction of sp³-hybridized carbons (Fsp3) is 0.778. The Morgan fingerprint density at radius 1 is 1.64 bits per heavy atom. The summed E-state index contributed by atoms with van der Waals surface area (Å²) in [5.74, 6) is 0.0515. The van der Waals surface area contributed by atoms with Crippen LogP contribution in [0, 0.1) is 0 Å². The lowest BCUT2D eigenvalue weighted by Gasteiger charge is -2.24. The second-order valence-electron chi connectivity index (χ2n) is 3.27. The number of hydrogen-bond acceptors (Lipinski definition) is 3. The molecule has 0 aromatic carbocycles. The van der Waals surface area contributed by atoms with E-state index in [4.69, 9.17) is 22.7 Å². The maximum atomic E-state index is 11.5. The van der Waals surface area contributed by atoms with E-state index in [0.717, 1.165) is 0 Å². The monoisotopic (exact) mass is 218 g/mol. The standard InChI is InChI=1S/C9H18N2O2S/c1-7(6-8(10)14)11(2)9(12)4-5-13-3/h7H,4-6H2,1-3H3,(H2,10,14). The summed E-state index contributed by atoms with van der Waals surface area (Å²) in [6, 6.07) is 0.0526. The number of nitrogens with two attached hydrogens (primary N) is 1. The van der Waals surface area contributed by atoms with Crippen molar-refractivity contribution in [1.29, 1.82) is 0 Å². The number of rotatable bonds is 6. The van der Waals surface area contributed by atoms with E-state index in [9.17, 15) is 4.79 Å². The first-order valence-electron chi connectivity index (χ1n) is 4.52. The number of ether oxygens (including phenoxy) is 1. The van der Waals surface area contributed by atoms with E-state index in [1.165, 1.54) is 0 Å². The molecule has 0 aliphatic carbocycles. The molecule has 1 unspecified atom stereocenters. The zero-order chi connectivity index (χ0) is 11.1. The van der Waals surface area contributed by atoms with E-state index in [2.05, 4.69) is 0 Å². The molecule has 0 aliphatic rings. The van der Waals surface area contributed by atoms with Crippen molar-refractivity contribution in [2.45, 2.75) is 25.8 Å². The first kappa shape index (κ1) is 13.3. The summed E-state index contributed by atoms with van der Waals surface area (Å²) in [6.07, 6.45) is 0.958. The Morgan fingerprint density at radius 2 is 2.21 bits per heavy atom. The number of carbonyl (C=O) groups is 1. The Labute approximate surface area is 90.4 Å². The highest BCUT2D eigenvalue weighted by Gasteiger charge is 2.15. The minimum atomic E-state index is 0.0515. The van der Waals surface area contributed by atoms with E-state index in [-0.39, 0.29) is 11.9 Å². The van der Waals surface area contributed by atoms with Gasteiger partial charge in [-0.3, -0.25) is 4.79 Å². The third-order valence-corrected chi connectivity index (χ3v) is 2.24. The highest BCUT2D eigenvalue weighted by Crippen LogP contribution is 2.03. The maximum Gasteiger partial charge on any atom is 0.224 e. The molecule has 0 bridgehead atoms. The van der Waals surface area contributed by atoms with Gasteiger partial charge in [0.25, 0.3) is 0 Å². The van der Waals surface area contributed by atoms with Gasteiger partial charge in [-0.2, -0.15) is 0 Å². The fourth-order valence-corrected chi connectivity index (χ4v) is 1.28. The molecule has 14 heavy (non-hydrogen) atoms. The van der Waals surface area contributed by atoms with Crippen LogP contribution in [0.5, 0.6) is 0 Å². The predicted octanol–water partition coefficient (Wildman–Crippen LogP) is 0.546. The van der Waals surface area contributed by atoms with Gasteiger partial charge >= 0.3 is 0 Å². The molecule has 82 valence electrons. The van der Waals surface area contributed by atoms with Gasteiger partial charge < -0.3 is 15.4 Å². The summed E-state index contributed by atoms with van der Waals surface area (Å²) in [6.45, 7) is 2.37. The van der Waals surface area contributed by atoms with Crippen molar-refractivity contribution in [2.75, 3.05) is 20.8 Å². The van der Waals surface area contributed by atoms with Crippen LogP contribution in [0.25, 0.3) is 0 Å². The molecule has 5 heteroatoms. The molecule has 0 rings (SSSR count). The minimum Gasteiger partial charge on any atom is -0.393 e. The highest BCUT2D eigenvalue weighted by atomic mass is 32.1. The Bertz CT molecular complexity index is 209. The number of nitrogens with zero attached hydrogens (tertiary/aromatic N) is 1. The van der Waals surface area contributed by atoms with Crippen LogP contribution in [0.1, 0.15) is 19.8 Å². The van der Waals surface area contributed by atoms with Crippen LogP contribution in [0.15, 0.2) is 0 Å². The Balaban J connectivity index is 3.96. The van der Waals surface area contributed by atoms with Gasteiger partial charge in [-0.1, -0.05) is 12.2 Å². The van der Waals surface area contributed by atoms with Crippen molar-refractivity contribution in [1.82, 2.24) is 4.90 Å². The summed E-state index contributed by atoms with van der Waals surface area (Å²) in [4.78, 5) is 13.6. The fourth-order valence-electron chi connectivity index (χ4n) is 1.04. The van der Waals surface area contributed by atoms with Gasteiger partial charge in [0.05, 0.1) is 18.0 Å². The quantitative estimate of drug-likeness (QED) is 0.661. The molecular weight excluding hydrogens is 200 g/mol. The summed E-state index contributed by atoms with van der Waals surface area (Å²) >= 11 is 4.78. The van der Waals surface area contributed by atoms with Gasteiger partial charge in [-0.05, 0) is 6.92 Å². The average molecular weight is 218 g/mol. The van der Waals surface area contributed by atoms with Gasteiger partial charge in [0.15, 0.2) is 0 Å². The SMILES string of the molecule is COCCC(=O)N(C)C(C)CC(N)=S. The van der Waals surface area contributed by atoms with Gasteiger partial charge in [-0.25, -0.2) is 0 Å². The summed E-state index contributed by atoms with van der Waals surface area (Å²) < 4.78 is 4.83. The number of methoxy groups -OCH3 is 1. The highest BCUT2D eigenvalue weighted by molar-refractivity contribution is 7.80. The first-order valence-corrected chi connectivity index (χ1v) is 4.92. The lowest BCUT2D eigenvalue weighted by Crippen LogP contribution is -2.37. The van der Waals surface area contributed by atoms with Crippen LogP contribution in [0.4, 0.5) is 0 Å². The van der Waals surface area contributed by atoms with Crippen molar-refractivity contribution >= 4 is 23.1 Å². The Kier molecular flexibility index (Phi) is 6.40. The molecular formula is C9H18N2O2S. The van der Waals surface area contributed by atoms with E-state index in [0.29, 0.717) is 24.4 Å². The molecule has 2 N–H and O–H groups in total. The van der Waals surface area contributed by atoms with Crippen LogP contribution in [-0.2, 0) is 9.53 Å². The zero-order valence-corrected chi connectivity index (χ0v) is 9.76. The summed E-state index contributed by atoms with van der Waals surface area (Å²) in [5.41, 5.74) is 5.40. The molecule has 0 fully saturated rings. The van der Waals surface area contributed by atoms with Crippen molar-refractivity contribution in [3.05, 3.63) is 0 Å². The third kappa shape index (κ3) is 5.14. The van der Waals surface area contributed by atoms with Crippen LogP contribution < -0.4 is 5.73 Å². The molecule has 0 aliphatic heterocycles. The van der Waals surface area contributed by atoms with Gasteiger partial charge in [0, 0.05) is 26.6 Å². The van der Waals surface area contributed by atoms with Crippen molar-refractivity contribution in [3.63, 3.8) is 0 Å². The number of thiocarbonyl (C=S) groups is 1. The van der Waals surface area contributed by atoms with E-state index < -0.39 is 0 Å². The first-order chi connectivity index (χ1) is 6.49. The molecule has 0 heterocycles. The molecule has 0 aromatic heterocycles. The van der Waals surface area contributed by atoms with Crippen LogP contribution >= 0.6 is 12.2 Å². The molecule has 0 radical (unpaired) electrons. The Morgan fingerprint density at radius 3 is 2.64 bits per heavy atom. The molecule has 0 spiro atoms. The van der Waals surface area contributed by atoms with E-state index >= 15 is 0 Å². The molecule has 4 nitrogen and oxygen atoms in total. The zero-order valence-electron chi connectivity index (χ0n) is 8.95. The second-order valence-corrected chi connectivity index (χ2v) is 3.79. The lowest BCUT2D eigenvalue weighted by molar-refractivity contribution is -0.132. The predicted molar refractivity (Wildman–Crippen MR) is 60.1 cm³/mol. The van der Waals surface area contributed by atoms with Gasteiger partial charge in [0.1, 0.15) is 0 Å². The molecule has 1 atom stereocenters. The smallest absolute Gasteiger partial charge is 0.224 e. The van der Waals surface area contributed by atoms with E-state index in [1.54, 1.807) is 19.1 Å². The van der Waals surface area contributed by atoms with Gasteiger partial charge in [-0.15, -0.1) is 0 Å². The van der Waals surface area contributed by atoms with Crippen molar-refractivity contribution in [3.8, 4) is 0 Å². The number of amides is 1. The largest absolute Gasteiger partial charge is 0.393 e. The Hall–Kier alpha value is -0.680. The van der Waals surface area contributed by atoms with Crippen molar-refractivity contribution in [2.24, 2.45) is 5.73 Å². The van der Waals surface area contributed by atoms with Crippen LogP contribution in [0.2, 0.25) is 0 Å². The topological polar surface area (TPSA) is 55.6 Å². The van der Waals surface area contributed by atoms with Crippen LogP contribution in [0.3, 0.4) is 0 Å². The minimum absolute atomic E-state index is 0.0515. The average Bonchev–Trinajstić information content (AvgIpc) is 2.11. The number of hydrogen-bond donors (Lipinski definition) is 1. The third-order valence-electron chi connectivity index (χ3n) is 2.07. The number of carbonyl (C=O) groups excluding carboxylic acids is 1. The molecule has 0 aromatic rings. The maximum absolute atomic E-state index is 11.5. The van der Waals surface area contributed by atoms with E-state index in [1.807, 2.05) is 6.92 Å². The molecule has 0 saturated heterocycles. The normalized spacial score (nSPS) is 12.2. The summed E-state index contributed by atoms with van der Waals surface area (Å²) in [7, 11) is 3.33. The summed E-state index contributed by atoms with van der Waals surface area (Å²) in [5, 5.41) is 0. The van der Waals surface area contributed by atoms with Gasteiger partial charge in [0.2, 0.25) is 5.91 Å². The lowest BCUT2D eigenvalue weighted by atomic mass is 10.2. The van der Waals surface area contributed by atoms with Crippen molar-refractivity contribution < 1.29 is 9.53 Å². The second kappa shape index (κ2) is 6.73. The molecule has 1 amide bonds. The molecule has 0 saturated carbocycles. The van der Waals surface area contributed by atoms with Crippen LogP contribution in [-0.4, -0.2) is 42.6 Å².